The van der Waals surface area contributed by atoms with Crippen LogP contribution in [0.15, 0.2) is 24.4 Å². The Morgan fingerprint density at radius 1 is 1.00 bits per heavy atom. The van der Waals surface area contributed by atoms with E-state index in [-0.39, 0.29) is 0 Å². The molecule has 0 heterocycles. The smallest absolute Gasteiger partial charge is 0.0912 e. The minimum Gasteiger partial charge on any atom is -0.391 e. The number of nitrogens with one attached hydrogen (secondary N) is 1. The van der Waals surface area contributed by atoms with Crippen molar-refractivity contribution >= 4 is 0 Å². The van der Waals surface area contributed by atoms with E-state index >= 15 is 0 Å². The van der Waals surface area contributed by atoms with Gasteiger partial charge in [-0.05, 0) is 74.0 Å². The Morgan fingerprint density at radius 3 is 2.28 bits per heavy atom. The molecule has 4 bridgehead atoms. The average molecular weight is 242 g/mol. The third-order valence-corrected chi connectivity index (χ3v) is 5.27. The van der Waals surface area contributed by atoms with Gasteiger partial charge in [-0.2, -0.15) is 5.26 Å². The maximum Gasteiger partial charge on any atom is 0.0912 e. The van der Waals surface area contributed by atoms with E-state index in [2.05, 4.69) is 5.32 Å². The molecule has 4 fully saturated rings. The highest BCUT2D eigenvalue weighted by molar-refractivity contribution is 5.11. The Morgan fingerprint density at radius 2 is 1.67 bits per heavy atom. The van der Waals surface area contributed by atoms with Crippen LogP contribution in [0.25, 0.3) is 0 Å². The van der Waals surface area contributed by atoms with Crippen LogP contribution in [0.3, 0.4) is 0 Å². The van der Waals surface area contributed by atoms with Crippen LogP contribution < -0.4 is 5.32 Å². The number of rotatable bonds is 4. The van der Waals surface area contributed by atoms with E-state index in [4.69, 9.17) is 5.26 Å². The van der Waals surface area contributed by atoms with Crippen molar-refractivity contribution in [3.8, 4) is 6.07 Å². The standard InChI is InChI=1S/C16H22N2/c17-4-2-1-3-5-18-11-16-14-7-12-6-13(9-14)10-15(16)8-12/h1-3,5,12-16,18H,6-11H2/b2-1-,5-3-. The first-order chi connectivity index (χ1) is 8.86. The molecule has 4 rings (SSSR count). The lowest BCUT2D eigenvalue weighted by Gasteiger charge is -2.54. The quantitative estimate of drug-likeness (QED) is 0.607. The van der Waals surface area contributed by atoms with E-state index in [0.29, 0.717) is 0 Å². The van der Waals surface area contributed by atoms with Gasteiger partial charge in [-0.1, -0.05) is 6.08 Å². The van der Waals surface area contributed by atoms with Gasteiger partial charge in [-0.15, -0.1) is 0 Å². The summed E-state index contributed by atoms with van der Waals surface area (Å²) in [6.07, 6.45) is 14.7. The molecule has 0 atom stereocenters. The first kappa shape index (κ1) is 11.8. The Hall–Kier alpha value is -1.23. The van der Waals surface area contributed by atoms with Gasteiger partial charge in [0.25, 0.3) is 0 Å². The van der Waals surface area contributed by atoms with E-state index < -0.39 is 0 Å². The molecule has 4 saturated carbocycles. The molecule has 0 amide bonds. The second-order valence-electron chi connectivity index (χ2n) is 6.35. The van der Waals surface area contributed by atoms with Crippen molar-refractivity contribution < 1.29 is 0 Å². The summed E-state index contributed by atoms with van der Waals surface area (Å²) in [7, 11) is 0. The van der Waals surface area contributed by atoms with Crippen molar-refractivity contribution in [1.29, 1.82) is 5.26 Å². The Kier molecular flexibility index (Phi) is 3.41. The molecule has 1 N–H and O–H groups in total. The van der Waals surface area contributed by atoms with Crippen LogP contribution in [0.4, 0.5) is 0 Å². The average Bonchev–Trinajstić information content (AvgIpc) is 2.35. The minimum atomic E-state index is 0.905. The van der Waals surface area contributed by atoms with Crippen LogP contribution in [-0.4, -0.2) is 6.54 Å². The van der Waals surface area contributed by atoms with Crippen molar-refractivity contribution in [1.82, 2.24) is 5.32 Å². The molecule has 4 aliphatic carbocycles. The van der Waals surface area contributed by atoms with Crippen molar-refractivity contribution in [2.75, 3.05) is 6.54 Å². The highest BCUT2D eigenvalue weighted by Gasteiger charge is 2.47. The predicted molar refractivity (Wildman–Crippen MR) is 72.4 cm³/mol. The van der Waals surface area contributed by atoms with Crippen LogP contribution in [0.1, 0.15) is 32.1 Å². The summed E-state index contributed by atoms with van der Waals surface area (Å²) < 4.78 is 0. The molecule has 0 aromatic rings. The van der Waals surface area contributed by atoms with Crippen LogP contribution in [-0.2, 0) is 0 Å². The lowest BCUT2D eigenvalue weighted by atomic mass is 9.52. The van der Waals surface area contributed by atoms with Crippen LogP contribution in [0, 0.1) is 40.9 Å². The third-order valence-electron chi connectivity index (χ3n) is 5.27. The fourth-order valence-electron chi connectivity index (χ4n) is 4.80. The molecule has 0 unspecified atom stereocenters. The first-order valence-electron chi connectivity index (χ1n) is 7.31. The molecule has 0 aromatic carbocycles. The van der Waals surface area contributed by atoms with E-state index in [1.165, 1.54) is 38.2 Å². The minimum absolute atomic E-state index is 0.905. The fraction of sp³-hybridized carbons (Fsp3) is 0.688. The highest BCUT2D eigenvalue weighted by atomic mass is 14.8. The van der Waals surface area contributed by atoms with E-state index in [1.54, 1.807) is 6.08 Å². The summed E-state index contributed by atoms with van der Waals surface area (Å²) in [6, 6.07) is 1.99. The Balaban J connectivity index is 1.50. The van der Waals surface area contributed by atoms with Gasteiger partial charge in [0.05, 0.1) is 6.07 Å². The van der Waals surface area contributed by atoms with Crippen LogP contribution >= 0.6 is 0 Å². The normalized spacial score (nSPS) is 41.6. The summed E-state index contributed by atoms with van der Waals surface area (Å²) in [5.41, 5.74) is 0. The lowest BCUT2D eigenvalue weighted by Crippen LogP contribution is -2.47. The first-order valence-corrected chi connectivity index (χ1v) is 7.31. The molecule has 2 heteroatoms. The van der Waals surface area contributed by atoms with Gasteiger partial charge in [-0.25, -0.2) is 0 Å². The third kappa shape index (κ3) is 2.32. The van der Waals surface area contributed by atoms with Crippen LogP contribution in [0.5, 0.6) is 0 Å². The zero-order chi connectivity index (χ0) is 12.4. The molecule has 0 aliphatic heterocycles. The predicted octanol–water partition coefficient (Wildman–Crippen LogP) is 3.24. The molecule has 96 valence electrons. The maximum atomic E-state index is 8.37. The van der Waals surface area contributed by atoms with Gasteiger partial charge < -0.3 is 5.32 Å². The summed E-state index contributed by atoms with van der Waals surface area (Å²) in [5, 5.41) is 11.8. The van der Waals surface area contributed by atoms with Crippen molar-refractivity contribution in [3.63, 3.8) is 0 Å². The summed E-state index contributed by atoms with van der Waals surface area (Å²) in [5.74, 6) is 5.03. The topological polar surface area (TPSA) is 35.8 Å². The summed E-state index contributed by atoms with van der Waals surface area (Å²) in [6.45, 7) is 1.13. The fourth-order valence-corrected chi connectivity index (χ4v) is 4.80. The maximum absolute atomic E-state index is 8.37. The number of nitrogens with zero attached hydrogens (tertiary/aromatic N) is 1. The summed E-state index contributed by atoms with van der Waals surface area (Å²) >= 11 is 0. The number of nitriles is 1. The second-order valence-corrected chi connectivity index (χ2v) is 6.35. The SMILES string of the molecule is N#C/C=C\C=C/NCC1C2CC3CC(C2)CC1C3. The van der Waals surface area contributed by atoms with E-state index in [0.717, 1.165) is 36.1 Å². The van der Waals surface area contributed by atoms with Crippen LogP contribution in [0.2, 0.25) is 0 Å². The summed E-state index contributed by atoms with van der Waals surface area (Å²) in [4.78, 5) is 0. The van der Waals surface area contributed by atoms with Gasteiger partial charge in [-0.3, -0.25) is 0 Å². The van der Waals surface area contributed by atoms with Gasteiger partial charge in [0.15, 0.2) is 0 Å². The number of hydrogen-bond donors (Lipinski definition) is 1. The molecule has 0 saturated heterocycles. The van der Waals surface area contributed by atoms with Gasteiger partial charge in [0.1, 0.15) is 0 Å². The van der Waals surface area contributed by atoms with Crippen molar-refractivity contribution in [2.24, 2.45) is 29.6 Å². The lowest BCUT2D eigenvalue weighted by molar-refractivity contribution is -0.0343. The van der Waals surface area contributed by atoms with Gasteiger partial charge in [0, 0.05) is 12.6 Å². The number of allylic oxidation sites excluding steroid dienone is 3. The second kappa shape index (κ2) is 5.18. The zero-order valence-electron chi connectivity index (χ0n) is 10.9. The zero-order valence-corrected chi connectivity index (χ0v) is 10.9. The van der Waals surface area contributed by atoms with Crippen molar-refractivity contribution in [2.45, 2.75) is 32.1 Å². The molecule has 0 aromatic heterocycles. The monoisotopic (exact) mass is 242 g/mol. The van der Waals surface area contributed by atoms with Gasteiger partial charge in [0.2, 0.25) is 0 Å². The van der Waals surface area contributed by atoms with Crippen molar-refractivity contribution in [3.05, 3.63) is 24.4 Å². The molecule has 0 radical (unpaired) electrons. The Bertz CT molecular complexity index is 360. The van der Waals surface area contributed by atoms with Gasteiger partial charge >= 0.3 is 0 Å². The largest absolute Gasteiger partial charge is 0.391 e. The Labute approximate surface area is 110 Å². The molecular formula is C16H22N2. The molecule has 18 heavy (non-hydrogen) atoms. The molecule has 2 nitrogen and oxygen atoms in total. The molecule has 4 aliphatic rings. The van der Waals surface area contributed by atoms with E-state index in [9.17, 15) is 0 Å². The van der Waals surface area contributed by atoms with E-state index in [1.807, 2.05) is 18.3 Å². The molecular weight excluding hydrogens is 220 g/mol. The highest BCUT2D eigenvalue weighted by Crippen LogP contribution is 2.56. The molecule has 0 spiro atoms. The number of hydrogen-bond acceptors (Lipinski definition) is 2.